The summed E-state index contributed by atoms with van der Waals surface area (Å²) < 4.78 is 54.6. The van der Waals surface area contributed by atoms with Gasteiger partial charge in [0.2, 0.25) is 5.91 Å². The summed E-state index contributed by atoms with van der Waals surface area (Å²) in [5, 5.41) is 11.4. The van der Waals surface area contributed by atoms with E-state index in [1.807, 2.05) is 0 Å². The number of anilines is 1. The molecule has 2 rings (SSSR count). The second-order valence-electron chi connectivity index (χ2n) is 5.92. The Morgan fingerprint density at radius 2 is 1.76 bits per heavy atom. The molecule has 0 atom stereocenters. The molecule has 1 aromatic carbocycles. The number of aliphatic carboxylic acids is 1. The zero-order chi connectivity index (χ0) is 18.6. The molecule has 138 valence electrons. The third-order valence-electron chi connectivity index (χ3n) is 4.04. The monoisotopic (exact) mass is 363 g/mol. The maximum atomic E-state index is 13.2. The normalized spacial score (nSPS) is 20.8. The number of amides is 1. The highest BCUT2D eigenvalue weighted by Crippen LogP contribution is 2.32. The van der Waals surface area contributed by atoms with Gasteiger partial charge in [-0.25, -0.2) is 4.39 Å². The van der Waals surface area contributed by atoms with Crippen molar-refractivity contribution in [2.24, 2.45) is 11.8 Å². The number of benzene rings is 1. The van der Waals surface area contributed by atoms with Crippen LogP contribution in [0.3, 0.4) is 0 Å². The Hall–Kier alpha value is -2.32. The molecule has 9 heteroatoms. The first-order valence-electron chi connectivity index (χ1n) is 7.68. The molecule has 1 aliphatic carbocycles. The van der Waals surface area contributed by atoms with Gasteiger partial charge in [-0.05, 0) is 37.8 Å². The number of hydrogen-bond acceptors (Lipinski definition) is 3. The molecule has 0 heterocycles. The van der Waals surface area contributed by atoms with Crippen molar-refractivity contribution < 1.29 is 37.0 Å². The van der Waals surface area contributed by atoms with Gasteiger partial charge in [0.15, 0.2) is 6.61 Å². The number of carboxylic acid groups (broad SMARTS) is 1. The number of hydrogen-bond donors (Lipinski definition) is 2. The van der Waals surface area contributed by atoms with Gasteiger partial charge in [-0.3, -0.25) is 9.59 Å². The van der Waals surface area contributed by atoms with Crippen molar-refractivity contribution in [3.8, 4) is 5.75 Å². The van der Waals surface area contributed by atoms with E-state index in [0.29, 0.717) is 25.7 Å². The number of nitrogens with one attached hydrogen (secondary N) is 1. The summed E-state index contributed by atoms with van der Waals surface area (Å²) in [5.41, 5.74) is -0.0593. The predicted octanol–water partition coefficient (Wildman–Crippen LogP) is 3.60. The summed E-state index contributed by atoms with van der Waals surface area (Å²) in [6.07, 6.45) is -3.16. The van der Waals surface area contributed by atoms with Gasteiger partial charge in [0.05, 0.1) is 11.6 Å². The van der Waals surface area contributed by atoms with Crippen molar-refractivity contribution in [3.05, 3.63) is 24.0 Å². The average Bonchev–Trinajstić information content (AvgIpc) is 2.54. The number of alkyl halides is 3. The van der Waals surface area contributed by atoms with Crippen molar-refractivity contribution in [1.29, 1.82) is 0 Å². The molecule has 0 aromatic heterocycles. The van der Waals surface area contributed by atoms with Gasteiger partial charge < -0.3 is 15.2 Å². The summed E-state index contributed by atoms with van der Waals surface area (Å²) >= 11 is 0. The number of rotatable bonds is 5. The third kappa shape index (κ3) is 5.61. The van der Waals surface area contributed by atoms with Crippen LogP contribution in [0.2, 0.25) is 0 Å². The van der Waals surface area contributed by atoms with Gasteiger partial charge in [0.25, 0.3) is 0 Å². The van der Waals surface area contributed by atoms with Crippen molar-refractivity contribution in [3.63, 3.8) is 0 Å². The largest absolute Gasteiger partial charge is 0.482 e. The lowest BCUT2D eigenvalue weighted by molar-refractivity contribution is -0.153. The lowest BCUT2D eigenvalue weighted by Gasteiger charge is -2.25. The van der Waals surface area contributed by atoms with E-state index in [-0.39, 0.29) is 5.69 Å². The van der Waals surface area contributed by atoms with Crippen LogP contribution in [-0.2, 0) is 9.59 Å². The Kier molecular flexibility index (Phi) is 5.86. The van der Waals surface area contributed by atoms with Crippen molar-refractivity contribution in [2.75, 3.05) is 11.9 Å². The number of carbonyl (C=O) groups excluding carboxylic acids is 1. The average molecular weight is 363 g/mol. The Labute approximate surface area is 141 Å². The minimum Gasteiger partial charge on any atom is -0.482 e. The summed E-state index contributed by atoms with van der Waals surface area (Å²) in [7, 11) is 0. The van der Waals surface area contributed by atoms with E-state index in [4.69, 9.17) is 5.11 Å². The fraction of sp³-hybridized carbons (Fsp3) is 0.500. The SMILES string of the molecule is O=C(O)C1CCC(C(=O)Nc2ccc(F)cc2OCC(F)(F)F)CC1. The lowest BCUT2D eigenvalue weighted by atomic mass is 9.81. The van der Waals surface area contributed by atoms with Crippen LogP contribution in [0.25, 0.3) is 0 Å². The molecule has 0 saturated heterocycles. The van der Waals surface area contributed by atoms with E-state index < -0.39 is 48.1 Å². The van der Waals surface area contributed by atoms with Crippen LogP contribution in [0.15, 0.2) is 18.2 Å². The molecule has 1 amide bonds. The molecule has 5 nitrogen and oxygen atoms in total. The summed E-state index contributed by atoms with van der Waals surface area (Å²) in [6, 6.07) is 2.89. The quantitative estimate of drug-likeness (QED) is 0.784. The molecule has 1 fully saturated rings. The predicted molar refractivity (Wildman–Crippen MR) is 79.7 cm³/mol. The highest BCUT2D eigenvalue weighted by atomic mass is 19.4. The molecule has 0 unspecified atom stereocenters. The number of carboxylic acids is 1. The standard InChI is InChI=1S/C16H17F4NO4/c17-11-5-6-12(13(7-11)25-8-16(18,19)20)21-14(22)9-1-3-10(4-2-9)15(23)24/h5-7,9-10H,1-4,8H2,(H,21,22)(H,23,24). The summed E-state index contributed by atoms with van der Waals surface area (Å²) in [4.78, 5) is 23.2. The Bertz CT molecular complexity index is 640. The fourth-order valence-electron chi connectivity index (χ4n) is 2.72. The molecule has 1 aromatic rings. The van der Waals surface area contributed by atoms with Crippen LogP contribution in [0.1, 0.15) is 25.7 Å². The smallest absolute Gasteiger partial charge is 0.422 e. The molecule has 0 bridgehead atoms. The highest BCUT2D eigenvalue weighted by molar-refractivity contribution is 5.94. The van der Waals surface area contributed by atoms with E-state index in [1.54, 1.807) is 0 Å². The minimum absolute atomic E-state index is 0.0593. The molecular weight excluding hydrogens is 346 g/mol. The Morgan fingerprint density at radius 1 is 1.16 bits per heavy atom. The zero-order valence-electron chi connectivity index (χ0n) is 13.1. The van der Waals surface area contributed by atoms with E-state index in [0.717, 1.165) is 18.2 Å². The van der Waals surface area contributed by atoms with Crippen molar-refractivity contribution in [2.45, 2.75) is 31.9 Å². The third-order valence-corrected chi connectivity index (χ3v) is 4.04. The first-order valence-corrected chi connectivity index (χ1v) is 7.68. The van der Waals surface area contributed by atoms with Gasteiger partial charge in [-0.1, -0.05) is 0 Å². The second-order valence-corrected chi connectivity index (χ2v) is 5.92. The minimum atomic E-state index is -4.59. The van der Waals surface area contributed by atoms with Crippen LogP contribution < -0.4 is 10.1 Å². The van der Waals surface area contributed by atoms with Crippen molar-refractivity contribution in [1.82, 2.24) is 0 Å². The molecule has 0 radical (unpaired) electrons. The highest BCUT2D eigenvalue weighted by Gasteiger charge is 2.31. The number of carbonyl (C=O) groups is 2. The zero-order valence-corrected chi connectivity index (χ0v) is 13.1. The summed E-state index contributed by atoms with van der Waals surface area (Å²) in [5.74, 6) is -3.49. The molecule has 25 heavy (non-hydrogen) atoms. The fourth-order valence-corrected chi connectivity index (χ4v) is 2.72. The van der Waals surface area contributed by atoms with Crippen molar-refractivity contribution >= 4 is 17.6 Å². The molecule has 2 N–H and O–H groups in total. The van der Waals surface area contributed by atoms with Crippen LogP contribution >= 0.6 is 0 Å². The van der Waals surface area contributed by atoms with Gasteiger partial charge in [-0.2, -0.15) is 13.2 Å². The topological polar surface area (TPSA) is 75.6 Å². The van der Waals surface area contributed by atoms with E-state index in [9.17, 15) is 27.2 Å². The van der Waals surface area contributed by atoms with E-state index in [2.05, 4.69) is 10.1 Å². The molecule has 1 saturated carbocycles. The number of ether oxygens (including phenoxy) is 1. The van der Waals surface area contributed by atoms with E-state index >= 15 is 0 Å². The Balaban J connectivity index is 2.02. The van der Waals surface area contributed by atoms with Crippen LogP contribution in [0.4, 0.5) is 23.2 Å². The summed E-state index contributed by atoms with van der Waals surface area (Å²) in [6.45, 7) is -1.61. The molecule has 0 spiro atoms. The number of halogens is 4. The van der Waals surface area contributed by atoms with Gasteiger partial charge in [-0.15, -0.1) is 0 Å². The molecular formula is C16H17F4NO4. The second kappa shape index (κ2) is 7.71. The van der Waals surface area contributed by atoms with Crippen LogP contribution in [-0.4, -0.2) is 29.8 Å². The first kappa shape index (κ1) is 19.0. The van der Waals surface area contributed by atoms with Gasteiger partial charge in [0.1, 0.15) is 11.6 Å². The van der Waals surface area contributed by atoms with Crippen LogP contribution in [0.5, 0.6) is 5.75 Å². The molecule has 0 aliphatic heterocycles. The van der Waals surface area contributed by atoms with Gasteiger partial charge in [0, 0.05) is 12.0 Å². The maximum absolute atomic E-state index is 13.2. The lowest BCUT2D eigenvalue weighted by Crippen LogP contribution is -2.29. The maximum Gasteiger partial charge on any atom is 0.422 e. The van der Waals surface area contributed by atoms with E-state index in [1.165, 1.54) is 0 Å². The van der Waals surface area contributed by atoms with Crippen LogP contribution in [0, 0.1) is 17.7 Å². The molecule has 1 aliphatic rings. The Morgan fingerprint density at radius 3 is 2.32 bits per heavy atom. The first-order chi connectivity index (χ1) is 11.7. The van der Waals surface area contributed by atoms with Gasteiger partial charge >= 0.3 is 12.1 Å².